The Morgan fingerprint density at radius 1 is 1.12 bits per heavy atom. The SMILES string of the molecule is CCSc1ccc(C(=O)Nc2nnc(-c3ccc(Cl)cc3)o2)cc1. The zero-order valence-corrected chi connectivity index (χ0v) is 14.4. The fourth-order valence-corrected chi connectivity index (χ4v) is 2.81. The topological polar surface area (TPSA) is 68.0 Å². The highest BCUT2D eigenvalue weighted by Gasteiger charge is 2.12. The number of amides is 1. The molecular formula is C17H14ClN3O2S. The number of thioether (sulfide) groups is 1. The fourth-order valence-electron chi connectivity index (χ4n) is 2.02. The highest BCUT2D eigenvalue weighted by molar-refractivity contribution is 7.99. The van der Waals surface area contributed by atoms with Crippen LogP contribution >= 0.6 is 23.4 Å². The van der Waals surface area contributed by atoms with Crippen molar-refractivity contribution in [2.24, 2.45) is 0 Å². The van der Waals surface area contributed by atoms with Crippen molar-refractivity contribution in [2.45, 2.75) is 11.8 Å². The first-order valence-electron chi connectivity index (χ1n) is 7.29. The summed E-state index contributed by atoms with van der Waals surface area (Å²) < 4.78 is 5.46. The molecule has 0 aliphatic carbocycles. The second-order valence-electron chi connectivity index (χ2n) is 4.83. The molecule has 0 saturated carbocycles. The van der Waals surface area contributed by atoms with Crippen molar-refractivity contribution in [1.82, 2.24) is 10.2 Å². The molecule has 3 rings (SSSR count). The fraction of sp³-hybridized carbons (Fsp3) is 0.118. The van der Waals surface area contributed by atoms with E-state index in [1.54, 1.807) is 48.2 Å². The van der Waals surface area contributed by atoms with Crippen molar-refractivity contribution >= 4 is 35.3 Å². The summed E-state index contributed by atoms with van der Waals surface area (Å²) in [7, 11) is 0. The van der Waals surface area contributed by atoms with Gasteiger partial charge in [-0.3, -0.25) is 10.1 Å². The summed E-state index contributed by atoms with van der Waals surface area (Å²) in [5.74, 6) is 1.01. The Morgan fingerprint density at radius 2 is 1.83 bits per heavy atom. The molecule has 24 heavy (non-hydrogen) atoms. The first-order valence-corrected chi connectivity index (χ1v) is 8.65. The molecule has 0 radical (unpaired) electrons. The molecule has 0 aliphatic heterocycles. The molecule has 1 aromatic heterocycles. The van der Waals surface area contributed by atoms with Gasteiger partial charge >= 0.3 is 6.01 Å². The number of carbonyl (C=O) groups excluding carboxylic acids is 1. The average Bonchev–Trinajstić information content (AvgIpc) is 3.05. The van der Waals surface area contributed by atoms with Crippen molar-refractivity contribution in [2.75, 3.05) is 11.1 Å². The predicted octanol–water partition coefficient (Wildman–Crippen LogP) is 4.75. The van der Waals surface area contributed by atoms with Crippen LogP contribution < -0.4 is 5.32 Å². The second-order valence-corrected chi connectivity index (χ2v) is 6.60. The molecule has 0 saturated heterocycles. The van der Waals surface area contributed by atoms with Crippen molar-refractivity contribution in [3.8, 4) is 11.5 Å². The highest BCUT2D eigenvalue weighted by Crippen LogP contribution is 2.22. The van der Waals surface area contributed by atoms with Crippen LogP contribution in [-0.2, 0) is 0 Å². The summed E-state index contributed by atoms with van der Waals surface area (Å²) in [6, 6.07) is 14.4. The molecule has 1 amide bonds. The van der Waals surface area contributed by atoms with Gasteiger partial charge in [0.25, 0.3) is 5.91 Å². The highest BCUT2D eigenvalue weighted by atomic mass is 35.5. The third-order valence-corrected chi connectivity index (χ3v) is 4.31. The van der Waals surface area contributed by atoms with Gasteiger partial charge in [-0.05, 0) is 54.3 Å². The monoisotopic (exact) mass is 359 g/mol. The van der Waals surface area contributed by atoms with Crippen LogP contribution in [0.2, 0.25) is 5.02 Å². The zero-order valence-electron chi connectivity index (χ0n) is 12.8. The van der Waals surface area contributed by atoms with E-state index in [2.05, 4.69) is 22.4 Å². The van der Waals surface area contributed by atoms with Crippen LogP contribution in [0.3, 0.4) is 0 Å². The lowest BCUT2D eigenvalue weighted by molar-refractivity contribution is 0.102. The molecule has 0 atom stereocenters. The lowest BCUT2D eigenvalue weighted by Gasteiger charge is -2.02. The smallest absolute Gasteiger partial charge is 0.322 e. The minimum Gasteiger partial charge on any atom is -0.403 e. The maximum Gasteiger partial charge on any atom is 0.322 e. The van der Waals surface area contributed by atoms with Crippen LogP contribution in [0.1, 0.15) is 17.3 Å². The normalized spacial score (nSPS) is 10.6. The molecule has 5 nitrogen and oxygen atoms in total. The minimum absolute atomic E-state index is 0.0527. The molecule has 0 spiro atoms. The van der Waals surface area contributed by atoms with Crippen LogP contribution in [-0.4, -0.2) is 21.9 Å². The van der Waals surface area contributed by atoms with Crippen molar-refractivity contribution in [1.29, 1.82) is 0 Å². The van der Waals surface area contributed by atoms with Crippen molar-refractivity contribution in [3.63, 3.8) is 0 Å². The summed E-state index contributed by atoms with van der Waals surface area (Å²) in [5.41, 5.74) is 1.26. The third-order valence-electron chi connectivity index (χ3n) is 3.16. The molecule has 7 heteroatoms. The van der Waals surface area contributed by atoms with Gasteiger partial charge in [0, 0.05) is 21.0 Å². The molecule has 0 unspecified atom stereocenters. The number of hydrogen-bond acceptors (Lipinski definition) is 5. The van der Waals surface area contributed by atoms with E-state index in [1.165, 1.54) is 0 Å². The van der Waals surface area contributed by atoms with Crippen LogP contribution in [0.4, 0.5) is 6.01 Å². The van der Waals surface area contributed by atoms with Gasteiger partial charge < -0.3 is 4.42 Å². The van der Waals surface area contributed by atoms with Crippen LogP contribution in [0, 0.1) is 0 Å². The van der Waals surface area contributed by atoms with Gasteiger partial charge in [0.05, 0.1) is 0 Å². The van der Waals surface area contributed by atoms with E-state index in [9.17, 15) is 4.79 Å². The Balaban J connectivity index is 1.69. The molecule has 1 heterocycles. The Bertz CT molecular complexity index is 832. The number of halogens is 1. The Morgan fingerprint density at radius 3 is 2.50 bits per heavy atom. The minimum atomic E-state index is -0.297. The van der Waals surface area contributed by atoms with Crippen molar-refractivity contribution in [3.05, 3.63) is 59.1 Å². The summed E-state index contributed by atoms with van der Waals surface area (Å²) in [6.07, 6.45) is 0. The van der Waals surface area contributed by atoms with E-state index in [-0.39, 0.29) is 11.9 Å². The molecule has 122 valence electrons. The van der Waals surface area contributed by atoms with Gasteiger partial charge in [-0.15, -0.1) is 16.9 Å². The lowest BCUT2D eigenvalue weighted by atomic mass is 10.2. The largest absolute Gasteiger partial charge is 0.403 e. The van der Waals surface area contributed by atoms with E-state index >= 15 is 0 Å². The number of anilines is 1. The first-order chi connectivity index (χ1) is 11.7. The van der Waals surface area contributed by atoms with Crippen molar-refractivity contribution < 1.29 is 9.21 Å². The molecule has 0 fully saturated rings. The Hall–Kier alpha value is -2.31. The standard InChI is InChI=1S/C17H14ClN3O2S/c1-2-24-14-9-5-11(6-10-14)15(22)19-17-21-20-16(23-17)12-3-7-13(18)8-4-12/h3-10H,2H2,1H3,(H,19,21,22). The number of nitrogens with one attached hydrogen (secondary N) is 1. The molecule has 1 N–H and O–H groups in total. The van der Waals surface area contributed by atoms with Crippen LogP contribution in [0.25, 0.3) is 11.5 Å². The van der Waals surface area contributed by atoms with E-state index < -0.39 is 0 Å². The van der Waals surface area contributed by atoms with Gasteiger partial charge in [-0.1, -0.05) is 23.6 Å². The van der Waals surface area contributed by atoms with E-state index in [4.69, 9.17) is 16.0 Å². The molecule has 0 bridgehead atoms. The molecule has 0 aliphatic rings. The van der Waals surface area contributed by atoms with Crippen LogP contribution in [0.15, 0.2) is 57.8 Å². The summed E-state index contributed by atoms with van der Waals surface area (Å²) in [5, 5.41) is 11.0. The molecular weight excluding hydrogens is 346 g/mol. The van der Waals surface area contributed by atoms with Gasteiger partial charge in [0.15, 0.2) is 0 Å². The number of carbonyl (C=O) groups is 1. The summed E-state index contributed by atoms with van der Waals surface area (Å²) in [6.45, 7) is 2.08. The number of nitrogens with zero attached hydrogens (tertiary/aromatic N) is 2. The van der Waals surface area contributed by atoms with Gasteiger partial charge in [-0.25, -0.2) is 0 Å². The second kappa shape index (κ2) is 7.51. The Labute approximate surface area is 148 Å². The quantitative estimate of drug-likeness (QED) is 0.665. The zero-order chi connectivity index (χ0) is 16.9. The molecule has 3 aromatic rings. The van der Waals surface area contributed by atoms with Gasteiger partial charge in [0.1, 0.15) is 0 Å². The van der Waals surface area contributed by atoms with E-state index in [0.717, 1.165) is 16.2 Å². The maximum atomic E-state index is 12.2. The number of benzene rings is 2. The van der Waals surface area contributed by atoms with E-state index in [1.807, 2.05) is 12.1 Å². The predicted molar refractivity (Wildman–Crippen MR) is 95.5 cm³/mol. The number of aromatic nitrogens is 2. The van der Waals surface area contributed by atoms with Gasteiger partial charge in [0.2, 0.25) is 5.89 Å². The molecule has 2 aromatic carbocycles. The summed E-state index contributed by atoms with van der Waals surface area (Å²) in [4.78, 5) is 13.3. The van der Waals surface area contributed by atoms with Gasteiger partial charge in [-0.2, -0.15) is 0 Å². The number of rotatable bonds is 5. The first kappa shape index (κ1) is 16.5. The summed E-state index contributed by atoms with van der Waals surface area (Å²) >= 11 is 7.57. The van der Waals surface area contributed by atoms with Crippen LogP contribution in [0.5, 0.6) is 0 Å². The lowest BCUT2D eigenvalue weighted by Crippen LogP contribution is -2.11. The van der Waals surface area contributed by atoms with E-state index in [0.29, 0.717) is 16.5 Å². The maximum absolute atomic E-state index is 12.2. The average molecular weight is 360 g/mol. The third kappa shape index (κ3) is 3.96. The Kier molecular flexibility index (Phi) is 5.17. The number of hydrogen-bond donors (Lipinski definition) is 1.